The van der Waals surface area contributed by atoms with E-state index in [0.29, 0.717) is 29.2 Å². The number of fused-ring (bicyclic) bond motifs is 1. The number of imide groups is 1. The van der Waals surface area contributed by atoms with Crippen molar-refractivity contribution in [1.29, 1.82) is 0 Å². The van der Waals surface area contributed by atoms with Crippen LogP contribution in [0.25, 0.3) is 0 Å². The molecule has 118 valence electrons. The zero-order valence-electron chi connectivity index (χ0n) is 12.8. The minimum absolute atomic E-state index is 0.200. The summed E-state index contributed by atoms with van der Waals surface area (Å²) in [6.45, 7) is 3.13. The van der Waals surface area contributed by atoms with Gasteiger partial charge in [-0.05, 0) is 31.2 Å². The van der Waals surface area contributed by atoms with Gasteiger partial charge in [-0.1, -0.05) is 35.9 Å². The third kappa shape index (κ3) is 3.14. The first-order valence-electron chi connectivity index (χ1n) is 7.62. The van der Waals surface area contributed by atoms with Crippen LogP contribution >= 0.6 is 11.6 Å². The number of rotatable bonds is 5. The molecule has 5 heteroatoms. The van der Waals surface area contributed by atoms with E-state index in [4.69, 9.17) is 11.6 Å². The van der Waals surface area contributed by atoms with E-state index in [1.807, 2.05) is 24.3 Å². The van der Waals surface area contributed by atoms with Crippen molar-refractivity contribution in [1.82, 2.24) is 4.90 Å². The van der Waals surface area contributed by atoms with E-state index in [1.54, 1.807) is 24.3 Å². The highest BCUT2D eigenvalue weighted by Crippen LogP contribution is 2.21. The minimum Gasteiger partial charge on any atom is -0.339 e. The molecule has 2 amide bonds. The van der Waals surface area contributed by atoms with Crippen LogP contribution in [0, 0.1) is 0 Å². The molecule has 0 bridgehead atoms. The Kier molecular flexibility index (Phi) is 4.46. The Bertz CT molecular complexity index is 725. The Balaban J connectivity index is 1.60. The fourth-order valence-corrected chi connectivity index (χ4v) is 3.02. The summed E-state index contributed by atoms with van der Waals surface area (Å²) in [4.78, 5) is 25.9. The van der Waals surface area contributed by atoms with Crippen molar-refractivity contribution < 1.29 is 14.9 Å². The lowest BCUT2D eigenvalue weighted by Gasteiger charge is -2.15. The zero-order valence-corrected chi connectivity index (χ0v) is 13.6. The Labute approximate surface area is 140 Å². The second kappa shape index (κ2) is 6.52. The number of carbonyl (C=O) groups excluding carboxylic acids is 2. The summed E-state index contributed by atoms with van der Waals surface area (Å²) in [5.74, 6) is -0.399. The molecule has 3 rings (SSSR count). The van der Waals surface area contributed by atoms with Crippen LogP contribution in [0.15, 0.2) is 48.5 Å². The van der Waals surface area contributed by atoms with Gasteiger partial charge in [0.2, 0.25) is 0 Å². The summed E-state index contributed by atoms with van der Waals surface area (Å²) >= 11 is 6.00. The number of halogens is 1. The smallest absolute Gasteiger partial charge is 0.261 e. The highest BCUT2D eigenvalue weighted by molar-refractivity contribution is 6.30. The number of nitrogens with two attached hydrogens (primary N) is 1. The molecule has 0 spiro atoms. The number of benzene rings is 2. The molecule has 1 atom stereocenters. The fraction of sp³-hybridized carbons (Fsp3) is 0.222. The summed E-state index contributed by atoms with van der Waals surface area (Å²) < 4.78 is 0. The van der Waals surface area contributed by atoms with Crippen LogP contribution in [0.1, 0.15) is 39.2 Å². The summed E-state index contributed by atoms with van der Waals surface area (Å²) in [7, 11) is 0. The van der Waals surface area contributed by atoms with Gasteiger partial charge in [0.15, 0.2) is 0 Å². The monoisotopic (exact) mass is 329 g/mol. The summed E-state index contributed by atoms with van der Waals surface area (Å²) in [6, 6.07) is 14.9. The van der Waals surface area contributed by atoms with Gasteiger partial charge in [0.25, 0.3) is 11.8 Å². The summed E-state index contributed by atoms with van der Waals surface area (Å²) in [5.41, 5.74) is 2.13. The van der Waals surface area contributed by atoms with E-state index < -0.39 is 0 Å². The quantitative estimate of drug-likeness (QED) is 0.855. The standard InChI is InChI=1S/C18H17ClN2O2/c1-12(13-5-4-6-14(19)11-13)20-9-10-21-17(22)15-7-2-3-8-16(15)18(21)23/h2-8,11-12,20H,9-10H2,1H3/p+1/t12-/m0/s1. The van der Waals surface area contributed by atoms with Crippen molar-refractivity contribution >= 4 is 23.4 Å². The lowest BCUT2D eigenvalue weighted by molar-refractivity contribution is -0.691. The van der Waals surface area contributed by atoms with Crippen LogP contribution in [0.5, 0.6) is 0 Å². The van der Waals surface area contributed by atoms with E-state index in [1.165, 1.54) is 4.90 Å². The van der Waals surface area contributed by atoms with Crippen molar-refractivity contribution in [2.45, 2.75) is 13.0 Å². The van der Waals surface area contributed by atoms with Gasteiger partial charge in [-0.15, -0.1) is 0 Å². The van der Waals surface area contributed by atoms with Crippen molar-refractivity contribution in [2.75, 3.05) is 13.1 Å². The van der Waals surface area contributed by atoms with Crippen molar-refractivity contribution in [3.8, 4) is 0 Å². The molecule has 0 unspecified atom stereocenters. The molecule has 0 saturated carbocycles. The molecule has 0 fully saturated rings. The minimum atomic E-state index is -0.200. The number of hydrogen-bond acceptors (Lipinski definition) is 2. The first-order valence-corrected chi connectivity index (χ1v) is 7.99. The molecule has 4 nitrogen and oxygen atoms in total. The lowest BCUT2D eigenvalue weighted by atomic mass is 10.1. The molecule has 23 heavy (non-hydrogen) atoms. The summed E-state index contributed by atoms with van der Waals surface area (Å²) in [5, 5.41) is 2.82. The molecule has 2 aromatic rings. The predicted molar refractivity (Wildman–Crippen MR) is 88.5 cm³/mol. The van der Waals surface area contributed by atoms with Gasteiger partial charge in [0.05, 0.1) is 24.2 Å². The third-order valence-corrected chi connectivity index (χ3v) is 4.36. The molecule has 2 N–H and O–H groups in total. The maximum atomic E-state index is 12.3. The van der Waals surface area contributed by atoms with E-state index in [-0.39, 0.29) is 17.9 Å². The van der Waals surface area contributed by atoms with E-state index in [9.17, 15) is 9.59 Å². The fourth-order valence-electron chi connectivity index (χ4n) is 2.82. The Morgan fingerprint density at radius 1 is 1.04 bits per heavy atom. The first-order chi connectivity index (χ1) is 11.1. The average Bonchev–Trinajstić information content (AvgIpc) is 2.80. The normalized spacial score (nSPS) is 15.0. The van der Waals surface area contributed by atoms with E-state index >= 15 is 0 Å². The van der Waals surface area contributed by atoms with Gasteiger partial charge >= 0.3 is 0 Å². The highest BCUT2D eigenvalue weighted by Gasteiger charge is 2.35. The number of hydrogen-bond donors (Lipinski definition) is 1. The van der Waals surface area contributed by atoms with Crippen LogP contribution in [-0.2, 0) is 0 Å². The molecule has 0 aliphatic carbocycles. The third-order valence-electron chi connectivity index (χ3n) is 4.13. The maximum Gasteiger partial charge on any atom is 0.261 e. The van der Waals surface area contributed by atoms with Gasteiger partial charge in [0, 0.05) is 10.6 Å². The van der Waals surface area contributed by atoms with Crippen LogP contribution < -0.4 is 5.32 Å². The molecule has 1 aliphatic rings. The summed E-state index contributed by atoms with van der Waals surface area (Å²) in [6.07, 6.45) is 0. The second-order valence-electron chi connectivity index (χ2n) is 5.68. The van der Waals surface area contributed by atoms with Crippen molar-refractivity contribution in [3.63, 3.8) is 0 Å². The average molecular weight is 330 g/mol. The van der Waals surface area contributed by atoms with Crippen LogP contribution in [0.2, 0.25) is 5.02 Å². The molecular weight excluding hydrogens is 312 g/mol. The lowest BCUT2D eigenvalue weighted by Crippen LogP contribution is -2.86. The van der Waals surface area contributed by atoms with E-state index in [2.05, 4.69) is 12.2 Å². The molecular formula is C18H18ClN2O2+. The zero-order chi connectivity index (χ0) is 16.4. The number of quaternary nitrogens is 1. The number of amides is 2. The largest absolute Gasteiger partial charge is 0.339 e. The number of nitrogens with zero attached hydrogens (tertiary/aromatic N) is 1. The van der Waals surface area contributed by atoms with Gasteiger partial charge < -0.3 is 5.32 Å². The molecule has 1 aliphatic heterocycles. The molecule has 0 aromatic heterocycles. The molecule has 0 radical (unpaired) electrons. The Hall–Kier alpha value is -2.17. The second-order valence-corrected chi connectivity index (χ2v) is 6.11. The van der Waals surface area contributed by atoms with Gasteiger partial charge in [-0.3, -0.25) is 14.5 Å². The number of carbonyl (C=O) groups is 2. The highest BCUT2D eigenvalue weighted by atomic mass is 35.5. The van der Waals surface area contributed by atoms with Crippen molar-refractivity contribution in [2.24, 2.45) is 0 Å². The Morgan fingerprint density at radius 2 is 1.70 bits per heavy atom. The maximum absolute atomic E-state index is 12.3. The van der Waals surface area contributed by atoms with Gasteiger partial charge in [0.1, 0.15) is 6.04 Å². The predicted octanol–water partition coefficient (Wildman–Crippen LogP) is 2.26. The van der Waals surface area contributed by atoms with Crippen molar-refractivity contribution in [3.05, 3.63) is 70.2 Å². The van der Waals surface area contributed by atoms with E-state index in [0.717, 1.165) is 5.56 Å². The Morgan fingerprint density at radius 3 is 2.30 bits per heavy atom. The van der Waals surface area contributed by atoms with Gasteiger partial charge in [-0.2, -0.15) is 0 Å². The first kappa shape index (κ1) is 15.7. The molecule has 2 aromatic carbocycles. The SMILES string of the molecule is C[C@H]([NH2+]CCN1C(=O)c2ccccc2C1=O)c1cccc(Cl)c1. The van der Waals surface area contributed by atoms with Crippen LogP contribution in [0.4, 0.5) is 0 Å². The van der Waals surface area contributed by atoms with Gasteiger partial charge in [-0.25, -0.2) is 0 Å². The molecule has 1 heterocycles. The van der Waals surface area contributed by atoms with Crippen LogP contribution in [0.3, 0.4) is 0 Å². The molecule has 0 saturated heterocycles. The topological polar surface area (TPSA) is 54.0 Å². The van der Waals surface area contributed by atoms with Crippen LogP contribution in [-0.4, -0.2) is 29.8 Å².